The van der Waals surface area contributed by atoms with Crippen LogP contribution in [0, 0.1) is 5.92 Å². The van der Waals surface area contributed by atoms with Crippen molar-refractivity contribution in [1.29, 1.82) is 0 Å². The van der Waals surface area contributed by atoms with Gasteiger partial charge in [-0.15, -0.1) is 0 Å². The maximum absolute atomic E-state index is 12.7. The highest BCUT2D eigenvalue weighted by molar-refractivity contribution is 7.86. The molecule has 1 saturated heterocycles. The molecule has 1 rings (SSSR count). The largest absolute Gasteiger partial charge is 0.481 e. The maximum atomic E-state index is 12.7. The summed E-state index contributed by atoms with van der Waals surface area (Å²) in [7, 11) is -3.48. The van der Waals surface area contributed by atoms with Crippen molar-refractivity contribution in [3.05, 3.63) is 0 Å². The topological polar surface area (TPSA) is 77.9 Å². The van der Waals surface area contributed by atoms with E-state index in [2.05, 4.69) is 6.92 Å². The lowest BCUT2D eigenvalue weighted by atomic mass is 10.0. The number of rotatable bonds is 7. The van der Waals surface area contributed by atoms with Gasteiger partial charge < -0.3 is 5.11 Å². The van der Waals surface area contributed by atoms with E-state index in [1.54, 1.807) is 4.31 Å². The number of hydrogen-bond donors (Lipinski definition) is 1. The lowest BCUT2D eigenvalue weighted by Crippen LogP contribution is -2.50. The number of carbonyl (C=O) groups is 1. The summed E-state index contributed by atoms with van der Waals surface area (Å²) < 4.78 is 28.3. The Morgan fingerprint density at radius 3 is 2.60 bits per heavy atom. The van der Waals surface area contributed by atoms with Crippen molar-refractivity contribution in [3.8, 4) is 0 Å². The van der Waals surface area contributed by atoms with E-state index < -0.39 is 16.2 Å². The number of nitrogens with zero attached hydrogens (tertiary/aromatic N) is 2. The minimum Gasteiger partial charge on any atom is -0.481 e. The van der Waals surface area contributed by atoms with E-state index in [-0.39, 0.29) is 19.0 Å². The Morgan fingerprint density at radius 2 is 2.10 bits per heavy atom. The third-order valence-electron chi connectivity index (χ3n) is 3.59. The number of aliphatic carboxylic acids is 1. The quantitative estimate of drug-likeness (QED) is 0.774. The van der Waals surface area contributed by atoms with Crippen molar-refractivity contribution in [1.82, 2.24) is 8.61 Å². The predicted molar refractivity (Wildman–Crippen MR) is 77.6 cm³/mol. The molecular weight excluding hydrogens is 280 g/mol. The molecule has 6 nitrogen and oxygen atoms in total. The minimum atomic E-state index is -3.48. The Morgan fingerprint density at radius 1 is 1.45 bits per heavy atom. The highest BCUT2D eigenvalue weighted by Gasteiger charge is 2.33. The molecule has 0 saturated carbocycles. The molecule has 20 heavy (non-hydrogen) atoms. The summed E-state index contributed by atoms with van der Waals surface area (Å²) in [6.45, 7) is 7.10. The normalized spacial score (nSPS) is 21.6. The molecule has 1 aliphatic heterocycles. The summed E-state index contributed by atoms with van der Waals surface area (Å²) in [6.07, 6.45) is 2.29. The van der Waals surface area contributed by atoms with Gasteiger partial charge in [0.05, 0.1) is 0 Å². The molecule has 0 radical (unpaired) electrons. The molecule has 1 atom stereocenters. The molecular formula is C13H26N2O4S. The Hall–Kier alpha value is -0.660. The van der Waals surface area contributed by atoms with Gasteiger partial charge in [-0.1, -0.05) is 6.92 Å². The summed E-state index contributed by atoms with van der Waals surface area (Å²) in [4.78, 5) is 10.6. The summed E-state index contributed by atoms with van der Waals surface area (Å²) >= 11 is 0. The molecule has 1 fully saturated rings. The van der Waals surface area contributed by atoms with Crippen molar-refractivity contribution in [2.24, 2.45) is 5.92 Å². The average molecular weight is 306 g/mol. The molecule has 1 unspecified atom stereocenters. The summed E-state index contributed by atoms with van der Waals surface area (Å²) in [5.74, 6) is -0.510. The zero-order valence-electron chi connectivity index (χ0n) is 12.6. The number of hydrogen-bond acceptors (Lipinski definition) is 3. The van der Waals surface area contributed by atoms with Crippen LogP contribution < -0.4 is 0 Å². The second-order valence-electron chi connectivity index (χ2n) is 5.81. The van der Waals surface area contributed by atoms with Crippen LogP contribution in [0.5, 0.6) is 0 Å². The minimum absolute atomic E-state index is 0.00482. The molecule has 0 aromatic rings. The van der Waals surface area contributed by atoms with Crippen LogP contribution in [0.15, 0.2) is 0 Å². The average Bonchev–Trinajstić information content (AvgIpc) is 2.33. The number of carboxylic acids is 1. The SMILES string of the molecule is CC1CCCN(S(=O)(=O)N(CCCC(=O)O)C(C)C)C1. The molecule has 1 N–H and O–H groups in total. The fourth-order valence-electron chi connectivity index (χ4n) is 2.53. The van der Waals surface area contributed by atoms with Crippen LogP contribution in [0.2, 0.25) is 0 Å². The van der Waals surface area contributed by atoms with Crippen LogP contribution >= 0.6 is 0 Å². The van der Waals surface area contributed by atoms with Gasteiger partial charge in [0.2, 0.25) is 0 Å². The third-order valence-corrected chi connectivity index (χ3v) is 5.77. The second kappa shape index (κ2) is 7.38. The van der Waals surface area contributed by atoms with E-state index in [1.165, 1.54) is 4.31 Å². The molecule has 1 heterocycles. The van der Waals surface area contributed by atoms with Gasteiger partial charge in [0.15, 0.2) is 0 Å². The van der Waals surface area contributed by atoms with E-state index in [4.69, 9.17) is 5.11 Å². The van der Waals surface area contributed by atoms with Gasteiger partial charge in [-0.2, -0.15) is 17.0 Å². The maximum Gasteiger partial charge on any atom is 0.303 e. The van der Waals surface area contributed by atoms with Crippen molar-refractivity contribution in [2.45, 2.75) is 52.5 Å². The standard InChI is InChI=1S/C13H26N2O4S/c1-11(2)15(9-5-7-13(16)17)20(18,19)14-8-4-6-12(3)10-14/h11-12H,4-10H2,1-3H3,(H,16,17). The first-order valence-electron chi connectivity index (χ1n) is 7.24. The zero-order chi connectivity index (χ0) is 15.3. The summed E-state index contributed by atoms with van der Waals surface area (Å²) in [6, 6.07) is -0.161. The highest BCUT2D eigenvalue weighted by atomic mass is 32.2. The smallest absolute Gasteiger partial charge is 0.303 e. The zero-order valence-corrected chi connectivity index (χ0v) is 13.4. The predicted octanol–water partition coefficient (Wildman–Crippen LogP) is 1.54. The molecule has 0 aromatic carbocycles. The van der Waals surface area contributed by atoms with E-state index >= 15 is 0 Å². The molecule has 7 heteroatoms. The van der Waals surface area contributed by atoms with Crippen LogP contribution in [0.25, 0.3) is 0 Å². The van der Waals surface area contributed by atoms with Crippen molar-refractivity contribution < 1.29 is 18.3 Å². The molecule has 0 aromatic heterocycles. The second-order valence-corrected chi connectivity index (χ2v) is 7.70. The fourth-order valence-corrected chi connectivity index (χ4v) is 4.52. The van der Waals surface area contributed by atoms with Crippen LogP contribution in [-0.4, -0.2) is 53.8 Å². The Bertz CT molecular complexity index is 422. The lowest BCUT2D eigenvalue weighted by molar-refractivity contribution is -0.137. The molecule has 0 spiro atoms. The Labute approximate surface area is 121 Å². The van der Waals surface area contributed by atoms with Crippen LogP contribution in [0.1, 0.15) is 46.5 Å². The molecule has 1 aliphatic rings. The van der Waals surface area contributed by atoms with Crippen LogP contribution in [0.4, 0.5) is 0 Å². The van der Waals surface area contributed by atoms with Crippen molar-refractivity contribution in [2.75, 3.05) is 19.6 Å². The van der Waals surface area contributed by atoms with Crippen molar-refractivity contribution >= 4 is 16.2 Å². The van der Waals surface area contributed by atoms with Crippen LogP contribution in [0.3, 0.4) is 0 Å². The van der Waals surface area contributed by atoms with Gasteiger partial charge >= 0.3 is 5.97 Å². The van der Waals surface area contributed by atoms with Gasteiger partial charge in [-0.25, -0.2) is 0 Å². The Balaban J connectivity index is 2.75. The fraction of sp³-hybridized carbons (Fsp3) is 0.923. The van der Waals surface area contributed by atoms with Gasteiger partial charge in [0.1, 0.15) is 0 Å². The molecule has 0 bridgehead atoms. The van der Waals surface area contributed by atoms with E-state index in [0.29, 0.717) is 25.4 Å². The molecule has 0 amide bonds. The first-order chi connectivity index (χ1) is 9.25. The summed E-state index contributed by atoms with van der Waals surface area (Å²) in [5, 5.41) is 8.67. The summed E-state index contributed by atoms with van der Waals surface area (Å²) in [5.41, 5.74) is 0. The van der Waals surface area contributed by atoms with E-state index in [9.17, 15) is 13.2 Å². The first-order valence-corrected chi connectivity index (χ1v) is 8.63. The van der Waals surface area contributed by atoms with E-state index in [0.717, 1.165) is 12.8 Å². The van der Waals surface area contributed by atoms with Crippen molar-refractivity contribution in [3.63, 3.8) is 0 Å². The monoisotopic (exact) mass is 306 g/mol. The van der Waals surface area contributed by atoms with Gasteiger partial charge in [0.25, 0.3) is 10.2 Å². The van der Waals surface area contributed by atoms with E-state index in [1.807, 2.05) is 13.8 Å². The number of piperidine rings is 1. The highest BCUT2D eigenvalue weighted by Crippen LogP contribution is 2.22. The van der Waals surface area contributed by atoms with Gasteiger partial charge in [-0.05, 0) is 39.0 Å². The molecule has 118 valence electrons. The third kappa shape index (κ3) is 4.71. The molecule has 0 aliphatic carbocycles. The Kier molecular flexibility index (Phi) is 6.42. The van der Waals surface area contributed by atoms with Gasteiger partial charge in [0, 0.05) is 32.1 Å². The van der Waals surface area contributed by atoms with Gasteiger partial charge in [-0.3, -0.25) is 4.79 Å². The van der Waals surface area contributed by atoms with Crippen LogP contribution in [-0.2, 0) is 15.0 Å². The number of carboxylic acid groups (broad SMARTS) is 1. The first kappa shape index (κ1) is 17.4. The lowest BCUT2D eigenvalue weighted by Gasteiger charge is -2.36.